The Bertz CT molecular complexity index is 944. The van der Waals surface area contributed by atoms with Gasteiger partial charge in [-0.2, -0.15) is 0 Å². The second-order valence-electron chi connectivity index (χ2n) is 7.28. The molecule has 1 heterocycles. The van der Waals surface area contributed by atoms with Crippen molar-refractivity contribution in [3.63, 3.8) is 0 Å². The van der Waals surface area contributed by atoms with Gasteiger partial charge in [-0.3, -0.25) is 0 Å². The van der Waals surface area contributed by atoms with E-state index < -0.39 is 0 Å². The summed E-state index contributed by atoms with van der Waals surface area (Å²) in [5, 5.41) is 5.63. The van der Waals surface area contributed by atoms with Crippen LogP contribution in [0.2, 0.25) is 0 Å². The molecule has 0 aliphatic carbocycles. The number of fused-ring (bicyclic) bond motifs is 1. The number of para-hydroxylation sites is 2. The third-order valence-electron chi connectivity index (χ3n) is 5.58. The minimum atomic E-state index is 0.359. The Hall–Kier alpha value is -2.33. The van der Waals surface area contributed by atoms with E-state index in [4.69, 9.17) is 12.2 Å². The maximum atomic E-state index is 5.87. The van der Waals surface area contributed by atoms with E-state index in [0.717, 1.165) is 36.7 Å². The van der Waals surface area contributed by atoms with Crippen LogP contribution in [0.5, 0.6) is 0 Å². The first-order chi connectivity index (χ1) is 13.6. The van der Waals surface area contributed by atoms with Gasteiger partial charge in [0.05, 0.1) is 0 Å². The summed E-state index contributed by atoms with van der Waals surface area (Å²) >= 11 is 5.87. The first-order valence-electron chi connectivity index (χ1n) is 10.3. The van der Waals surface area contributed by atoms with Crippen LogP contribution in [0.25, 0.3) is 10.9 Å². The Kier molecular flexibility index (Phi) is 6.74. The van der Waals surface area contributed by atoms with Crippen molar-refractivity contribution in [2.75, 3.05) is 5.32 Å². The van der Waals surface area contributed by atoms with Crippen molar-refractivity contribution in [3.8, 4) is 0 Å². The van der Waals surface area contributed by atoms with Crippen molar-refractivity contribution >= 4 is 33.9 Å². The summed E-state index contributed by atoms with van der Waals surface area (Å²) < 4.78 is 2.32. The fourth-order valence-electron chi connectivity index (χ4n) is 3.68. The molecule has 3 rings (SSSR count). The predicted octanol–water partition coefficient (Wildman–Crippen LogP) is 6.22. The molecule has 0 aliphatic rings. The van der Waals surface area contributed by atoms with Gasteiger partial charge in [0.25, 0.3) is 0 Å². The molecule has 0 spiro atoms. The van der Waals surface area contributed by atoms with E-state index in [0.29, 0.717) is 6.04 Å². The smallest absolute Gasteiger partial charge is 0.173 e. The fraction of sp³-hybridized carbons (Fsp3) is 0.375. The van der Waals surface area contributed by atoms with Crippen LogP contribution in [-0.2, 0) is 19.5 Å². The number of benzene rings is 2. The van der Waals surface area contributed by atoms with E-state index in [2.05, 4.69) is 97.2 Å². The van der Waals surface area contributed by atoms with Gasteiger partial charge in [0, 0.05) is 41.9 Å². The van der Waals surface area contributed by atoms with Crippen LogP contribution in [0.15, 0.2) is 54.7 Å². The molecule has 3 nitrogen and oxygen atoms in total. The van der Waals surface area contributed by atoms with Crippen molar-refractivity contribution in [2.24, 2.45) is 0 Å². The molecule has 0 radical (unpaired) electrons. The zero-order chi connectivity index (χ0) is 20.1. The molecule has 0 bridgehead atoms. The first-order valence-corrected chi connectivity index (χ1v) is 10.7. The second-order valence-corrected chi connectivity index (χ2v) is 7.67. The third kappa shape index (κ3) is 4.22. The Balaban J connectivity index is 1.90. The summed E-state index contributed by atoms with van der Waals surface area (Å²) in [6.45, 7) is 10.6. The highest BCUT2D eigenvalue weighted by molar-refractivity contribution is 7.80. The number of hydrogen-bond donors (Lipinski definition) is 1. The van der Waals surface area contributed by atoms with Crippen LogP contribution in [0.1, 0.15) is 45.2 Å². The van der Waals surface area contributed by atoms with Gasteiger partial charge < -0.3 is 14.8 Å². The summed E-state index contributed by atoms with van der Waals surface area (Å²) in [4.78, 5) is 2.32. The van der Waals surface area contributed by atoms with Crippen molar-refractivity contribution in [1.29, 1.82) is 0 Å². The molecule has 148 valence electrons. The average molecular weight is 394 g/mol. The standard InChI is InChI=1S/C24H31N3S/c1-5-18(4)27(24(28)25-22-14-10-8-12-19(22)6-2)17-20-16-26(7-3)23-15-11-9-13-21(20)23/h8-16,18H,5-7,17H2,1-4H3,(H,25,28)/t18-/m1/s1. The predicted molar refractivity (Wildman–Crippen MR) is 125 cm³/mol. The molecule has 2 aromatic carbocycles. The van der Waals surface area contributed by atoms with Gasteiger partial charge >= 0.3 is 0 Å². The van der Waals surface area contributed by atoms with Gasteiger partial charge in [-0.05, 0) is 62.2 Å². The summed E-state index contributed by atoms with van der Waals surface area (Å²) in [7, 11) is 0. The zero-order valence-electron chi connectivity index (χ0n) is 17.4. The Labute approximate surface area is 174 Å². The quantitative estimate of drug-likeness (QED) is 0.481. The Morgan fingerprint density at radius 1 is 1.04 bits per heavy atom. The molecule has 3 aromatic rings. The van der Waals surface area contributed by atoms with Crippen LogP contribution < -0.4 is 5.32 Å². The van der Waals surface area contributed by atoms with E-state index in [9.17, 15) is 0 Å². The SMILES string of the molecule is CCc1ccccc1NC(=S)N(Cc1cn(CC)c2ccccc12)[C@H](C)CC. The Morgan fingerprint density at radius 3 is 2.46 bits per heavy atom. The number of aromatic nitrogens is 1. The molecule has 0 aliphatic heterocycles. The van der Waals surface area contributed by atoms with E-state index >= 15 is 0 Å². The van der Waals surface area contributed by atoms with Gasteiger partial charge in [0.15, 0.2) is 5.11 Å². The van der Waals surface area contributed by atoms with Crippen molar-refractivity contribution < 1.29 is 0 Å². The van der Waals surface area contributed by atoms with Crippen molar-refractivity contribution in [1.82, 2.24) is 9.47 Å². The highest BCUT2D eigenvalue weighted by atomic mass is 32.1. The van der Waals surface area contributed by atoms with E-state index in [1.165, 1.54) is 22.0 Å². The molecule has 0 amide bonds. The maximum absolute atomic E-state index is 5.87. The monoisotopic (exact) mass is 393 g/mol. The molecule has 0 unspecified atom stereocenters. The lowest BCUT2D eigenvalue weighted by Gasteiger charge is -2.31. The molecule has 28 heavy (non-hydrogen) atoms. The molecule has 1 aromatic heterocycles. The highest BCUT2D eigenvalue weighted by Gasteiger charge is 2.19. The Morgan fingerprint density at radius 2 is 1.75 bits per heavy atom. The number of anilines is 1. The second kappa shape index (κ2) is 9.24. The fourth-order valence-corrected chi connectivity index (χ4v) is 4.03. The topological polar surface area (TPSA) is 20.2 Å². The molecule has 0 fully saturated rings. The summed E-state index contributed by atoms with van der Waals surface area (Å²) in [5.41, 5.74) is 5.01. The normalized spacial score (nSPS) is 12.1. The van der Waals surface area contributed by atoms with Gasteiger partial charge in [0.1, 0.15) is 0 Å². The lowest BCUT2D eigenvalue weighted by Crippen LogP contribution is -2.40. The zero-order valence-corrected chi connectivity index (χ0v) is 18.2. The minimum Gasteiger partial charge on any atom is -0.347 e. The van der Waals surface area contributed by atoms with Crippen molar-refractivity contribution in [3.05, 3.63) is 65.9 Å². The third-order valence-corrected chi connectivity index (χ3v) is 5.91. The van der Waals surface area contributed by atoms with Gasteiger partial charge in [-0.25, -0.2) is 0 Å². The number of hydrogen-bond acceptors (Lipinski definition) is 1. The number of nitrogens with one attached hydrogen (secondary N) is 1. The van der Waals surface area contributed by atoms with Gasteiger partial charge in [-0.15, -0.1) is 0 Å². The summed E-state index contributed by atoms with van der Waals surface area (Å²) in [5.74, 6) is 0. The van der Waals surface area contributed by atoms with Crippen molar-refractivity contribution in [2.45, 2.75) is 59.7 Å². The molecule has 4 heteroatoms. The van der Waals surface area contributed by atoms with E-state index in [1.54, 1.807) is 0 Å². The maximum Gasteiger partial charge on any atom is 0.173 e. The number of thiocarbonyl (C=S) groups is 1. The number of aryl methyl sites for hydroxylation is 2. The van der Waals surface area contributed by atoms with Crippen LogP contribution in [0.4, 0.5) is 5.69 Å². The molecule has 0 saturated carbocycles. The highest BCUT2D eigenvalue weighted by Crippen LogP contribution is 2.25. The molecule has 1 N–H and O–H groups in total. The summed E-state index contributed by atoms with van der Waals surface area (Å²) in [6, 6.07) is 17.4. The molecule has 0 saturated heterocycles. The molecule has 1 atom stereocenters. The first kappa shape index (κ1) is 20.4. The lowest BCUT2D eigenvalue weighted by molar-refractivity contribution is 0.320. The number of nitrogens with zero attached hydrogens (tertiary/aromatic N) is 2. The molecular weight excluding hydrogens is 362 g/mol. The molecular formula is C24H31N3S. The van der Waals surface area contributed by atoms with Crippen LogP contribution in [-0.4, -0.2) is 20.6 Å². The van der Waals surface area contributed by atoms with Crippen LogP contribution in [0.3, 0.4) is 0 Å². The lowest BCUT2D eigenvalue weighted by atomic mass is 10.1. The average Bonchev–Trinajstić information content (AvgIpc) is 3.09. The summed E-state index contributed by atoms with van der Waals surface area (Å²) in [6.07, 6.45) is 4.31. The van der Waals surface area contributed by atoms with E-state index in [1.807, 2.05) is 0 Å². The number of rotatable bonds is 7. The van der Waals surface area contributed by atoms with E-state index in [-0.39, 0.29) is 0 Å². The van der Waals surface area contributed by atoms with Gasteiger partial charge in [0.2, 0.25) is 0 Å². The van der Waals surface area contributed by atoms with Crippen LogP contribution >= 0.6 is 12.2 Å². The van der Waals surface area contributed by atoms with Gasteiger partial charge in [-0.1, -0.05) is 50.2 Å². The van der Waals surface area contributed by atoms with Crippen LogP contribution in [0, 0.1) is 0 Å². The minimum absolute atomic E-state index is 0.359. The largest absolute Gasteiger partial charge is 0.347 e.